The largest absolute Gasteiger partial charge is 0.495 e. The van der Waals surface area contributed by atoms with Crippen molar-refractivity contribution >= 4 is 38.8 Å². The number of carbonyl (C=O) groups is 1. The summed E-state index contributed by atoms with van der Waals surface area (Å²) in [6.07, 6.45) is 0. The van der Waals surface area contributed by atoms with Crippen LogP contribution in [0.15, 0.2) is 23.0 Å². The van der Waals surface area contributed by atoms with E-state index in [2.05, 4.69) is 15.3 Å². The average molecular weight is 417 g/mol. The van der Waals surface area contributed by atoms with E-state index in [-0.39, 0.29) is 22.7 Å². The first kappa shape index (κ1) is 20.4. The minimum absolute atomic E-state index is 0.165. The van der Waals surface area contributed by atoms with Crippen molar-refractivity contribution < 1.29 is 14.5 Å². The van der Waals surface area contributed by atoms with Gasteiger partial charge < -0.3 is 19.9 Å². The molecule has 11 heteroatoms. The predicted molar refractivity (Wildman–Crippen MR) is 110 cm³/mol. The Morgan fingerprint density at radius 3 is 2.76 bits per heavy atom. The number of thiophene rings is 1. The van der Waals surface area contributed by atoms with Crippen LogP contribution in [0.5, 0.6) is 5.75 Å². The third-order valence-electron chi connectivity index (χ3n) is 4.16. The van der Waals surface area contributed by atoms with Crippen LogP contribution in [0, 0.1) is 17.0 Å². The minimum atomic E-state index is -0.560. The Labute approximate surface area is 169 Å². The van der Waals surface area contributed by atoms with Crippen molar-refractivity contribution in [3.05, 3.63) is 54.9 Å². The molecule has 10 nitrogen and oxygen atoms in total. The fourth-order valence-electron chi connectivity index (χ4n) is 2.87. The maximum atomic E-state index is 12.9. The van der Waals surface area contributed by atoms with Gasteiger partial charge in [-0.25, -0.2) is 4.98 Å². The molecule has 2 N–H and O–H groups in total. The van der Waals surface area contributed by atoms with E-state index in [9.17, 15) is 19.7 Å². The van der Waals surface area contributed by atoms with Crippen molar-refractivity contribution in [3.63, 3.8) is 0 Å². The van der Waals surface area contributed by atoms with Gasteiger partial charge in [0.25, 0.3) is 17.2 Å². The van der Waals surface area contributed by atoms with Crippen LogP contribution < -0.4 is 15.6 Å². The number of fused-ring (bicyclic) bond motifs is 1. The van der Waals surface area contributed by atoms with Crippen molar-refractivity contribution in [3.8, 4) is 5.75 Å². The molecular formula is C18H19N5O5S. The number of nitro groups is 1. The molecule has 0 saturated carbocycles. The molecule has 0 atom stereocenters. The normalized spacial score (nSPS) is 11.1. The van der Waals surface area contributed by atoms with Crippen LogP contribution >= 0.6 is 11.3 Å². The number of carbonyl (C=O) groups excluding carboxylic acids is 1. The Hall–Kier alpha value is -3.31. The number of aryl methyl sites for hydroxylation is 1. The van der Waals surface area contributed by atoms with Crippen molar-refractivity contribution in [2.75, 3.05) is 26.5 Å². The van der Waals surface area contributed by atoms with E-state index in [0.29, 0.717) is 33.0 Å². The number of benzene rings is 1. The maximum Gasteiger partial charge on any atom is 0.271 e. The van der Waals surface area contributed by atoms with Gasteiger partial charge in [-0.1, -0.05) is 0 Å². The summed E-state index contributed by atoms with van der Waals surface area (Å²) in [6.45, 7) is 2.12. The van der Waals surface area contributed by atoms with Crippen molar-refractivity contribution in [2.24, 2.45) is 0 Å². The van der Waals surface area contributed by atoms with Gasteiger partial charge in [-0.3, -0.25) is 19.7 Å². The Balaban J connectivity index is 2.01. The number of methoxy groups -OCH3 is 1. The molecule has 0 aliphatic rings. The van der Waals surface area contributed by atoms with Crippen LogP contribution in [-0.2, 0) is 6.54 Å². The van der Waals surface area contributed by atoms with Gasteiger partial charge in [0.2, 0.25) is 0 Å². The number of hydrogen-bond donors (Lipinski definition) is 2. The van der Waals surface area contributed by atoms with E-state index in [4.69, 9.17) is 4.74 Å². The first-order valence-corrected chi connectivity index (χ1v) is 9.33. The molecule has 3 rings (SSSR count). The van der Waals surface area contributed by atoms with Crippen LogP contribution in [-0.4, -0.2) is 46.9 Å². The van der Waals surface area contributed by atoms with E-state index in [0.717, 1.165) is 11.3 Å². The summed E-state index contributed by atoms with van der Waals surface area (Å²) in [7, 11) is 5.11. The molecular weight excluding hydrogens is 398 g/mol. The summed E-state index contributed by atoms with van der Waals surface area (Å²) in [4.78, 5) is 45.6. The number of aromatic amines is 1. The van der Waals surface area contributed by atoms with E-state index in [1.807, 2.05) is 19.0 Å². The molecule has 1 amide bonds. The summed E-state index contributed by atoms with van der Waals surface area (Å²) in [5.41, 5.74) is 0.170. The van der Waals surface area contributed by atoms with Gasteiger partial charge in [0.15, 0.2) is 0 Å². The van der Waals surface area contributed by atoms with Gasteiger partial charge >= 0.3 is 0 Å². The zero-order valence-electron chi connectivity index (χ0n) is 16.2. The Kier molecular flexibility index (Phi) is 5.62. The molecule has 0 aliphatic carbocycles. The van der Waals surface area contributed by atoms with E-state index >= 15 is 0 Å². The highest BCUT2D eigenvalue weighted by molar-refractivity contribution is 7.20. The Morgan fingerprint density at radius 2 is 2.14 bits per heavy atom. The molecule has 0 radical (unpaired) electrons. The molecule has 0 unspecified atom stereocenters. The lowest BCUT2D eigenvalue weighted by molar-refractivity contribution is -0.384. The number of nitro benzene ring substituents is 1. The van der Waals surface area contributed by atoms with E-state index < -0.39 is 10.8 Å². The van der Waals surface area contributed by atoms with Gasteiger partial charge in [0.05, 0.1) is 34.5 Å². The molecule has 0 saturated heterocycles. The lowest BCUT2D eigenvalue weighted by Crippen LogP contribution is -2.18. The summed E-state index contributed by atoms with van der Waals surface area (Å²) in [5.74, 6) is 0.283. The van der Waals surface area contributed by atoms with Crippen molar-refractivity contribution in [1.29, 1.82) is 0 Å². The molecule has 0 spiro atoms. The summed E-state index contributed by atoms with van der Waals surface area (Å²) < 4.78 is 5.17. The first-order chi connectivity index (χ1) is 13.7. The van der Waals surface area contributed by atoms with Gasteiger partial charge in [-0.2, -0.15) is 0 Å². The number of H-pyrrole nitrogens is 1. The number of rotatable bonds is 6. The topological polar surface area (TPSA) is 130 Å². The molecule has 0 aliphatic heterocycles. The second kappa shape index (κ2) is 7.97. The van der Waals surface area contributed by atoms with Crippen LogP contribution in [0.25, 0.3) is 10.2 Å². The smallest absolute Gasteiger partial charge is 0.271 e. The van der Waals surface area contributed by atoms with Crippen molar-refractivity contribution in [1.82, 2.24) is 14.9 Å². The number of ether oxygens (including phenoxy) is 1. The number of hydrogen-bond acceptors (Lipinski definition) is 8. The third-order valence-corrected chi connectivity index (χ3v) is 5.35. The van der Waals surface area contributed by atoms with Gasteiger partial charge in [0.1, 0.15) is 16.4 Å². The van der Waals surface area contributed by atoms with Gasteiger partial charge in [0, 0.05) is 12.1 Å². The fourth-order valence-corrected chi connectivity index (χ4v) is 3.96. The van der Waals surface area contributed by atoms with E-state index in [1.54, 1.807) is 6.92 Å². The van der Waals surface area contributed by atoms with Crippen LogP contribution in [0.4, 0.5) is 11.4 Å². The first-order valence-electron chi connectivity index (χ1n) is 8.52. The van der Waals surface area contributed by atoms with Crippen LogP contribution in [0.1, 0.15) is 21.1 Å². The molecule has 0 fully saturated rings. The zero-order chi connectivity index (χ0) is 21.3. The lowest BCUT2D eigenvalue weighted by atomic mass is 10.2. The highest BCUT2D eigenvalue weighted by Crippen LogP contribution is 2.32. The molecule has 1 aromatic carbocycles. The molecule has 2 heterocycles. The minimum Gasteiger partial charge on any atom is -0.495 e. The predicted octanol–water partition coefficient (Wildman–Crippen LogP) is 2.52. The lowest BCUT2D eigenvalue weighted by Gasteiger charge is -2.09. The van der Waals surface area contributed by atoms with Gasteiger partial charge in [-0.05, 0) is 32.6 Å². The number of nitrogens with one attached hydrogen (secondary N) is 2. The maximum absolute atomic E-state index is 12.9. The Morgan fingerprint density at radius 1 is 1.41 bits per heavy atom. The summed E-state index contributed by atoms with van der Waals surface area (Å²) in [6, 6.07) is 3.92. The molecule has 2 aromatic heterocycles. The SMILES string of the molecule is COc1ccc([N+](=O)[O-])cc1NC(=O)c1sc2nc(CN(C)C)[nH]c(=O)c2c1C. The number of nitrogens with zero attached hydrogens (tertiary/aromatic N) is 3. The summed E-state index contributed by atoms with van der Waals surface area (Å²) >= 11 is 1.09. The molecule has 29 heavy (non-hydrogen) atoms. The fraction of sp³-hybridized carbons (Fsp3) is 0.278. The van der Waals surface area contributed by atoms with Gasteiger partial charge in [-0.15, -0.1) is 11.3 Å². The zero-order valence-corrected chi connectivity index (χ0v) is 17.0. The van der Waals surface area contributed by atoms with E-state index in [1.165, 1.54) is 25.3 Å². The average Bonchev–Trinajstić information content (AvgIpc) is 2.98. The Bertz CT molecular complexity index is 1170. The number of amides is 1. The number of aromatic nitrogens is 2. The quantitative estimate of drug-likeness (QED) is 0.465. The van der Waals surface area contributed by atoms with Crippen LogP contribution in [0.2, 0.25) is 0 Å². The van der Waals surface area contributed by atoms with Crippen molar-refractivity contribution in [2.45, 2.75) is 13.5 Å². The highest BCUT2D eigenvalue weighted by atomic mass is 32.1. The van der Waals surface area contributed by atoms with Crippen LogP contribution in [0.3, 0.4) is 0 Å². The monoisotopic (exact) mass is 417 g/mol. The number of anilines is 1. The number of non-ortho nitro benzene ring substituents is 1. The summed E-state index contributed by atoms with van der Waals surface area (Å²) in [5, 5.41) is 14.0. The second-order valence-electron chi connectivity index (χ2n) is 6.58. The molecule has 152 valence electrons. The molecule has 0 bridgehead atoms. The third kappa shape index (κ3) is 4.10. The second-order valence-corrected chi connectivity index (χ2v) is 7.58. The highest BCUT2D eigenvalue weighted by Gasteiger charge is 2.21. The molecule has 3 aromatic rings. The standard InChI is InChI=1S/C18H19N5O5S/c1-9-14-16(24)20-13(8-22(2)3)21-18(14)29-15(9)17(25)19-11-7-10(23(26)27)5-6-12(11)28-4/h5-7H,8H2,1-4H3,(H,19,25)(H,20,21,24).